The maximum absolute atomic E-state index is 5.68. The Hall–Kier alpha value is -0.460. The number of aromatic nitrogens is 3. The molecule has 0 saturated carbocycles. The topological polar surface area (TPSA) is 52.0 Å². The Morgan fingerprint density at radius 3 is 3.00 bits per heavy atom. The fourth-order valence-corrected chi connectivity index (χ4v) is 3.12. The van der Waals surface area contributed by atoms with Crippen molar-refractivity contribution in [1.29, 1.82) is 0 Å². The van der Waals surface area contributed by atoms with E-state index in [-0.39, 0.29) is 6.04 Å². The summed E-state index contributed by atoms with van der Waals surface area (Å²) in [6.45, 7) is 3.98. The quantitative estimate of drug-likeness (QED) is 0.874. The molecule has 1 fully saturated rings. The van der Waals surface area contributed by atoms with Crippen molar-refractivity contribution in [2.24, 2.45) is 7.05 Å². The van der Waals surface area contributed by atoms with Gasteiger partial charge in [-0.15, -0.1) is 5.10 Å². The summed E-state index contributed by atoms with van der Waals surface area (Å²) in [7, 11) is 1.93. The second-order valence-electron chi connectivity index (χ2n) is 4.71. The van der Waals surface area contributed by atoms with Crippen LogP contribution in [0.25, 0.3) is 0 Å². The molecule has 0 radical (unpaired) electrons. The van der Waals surface area contributed by atoms with Crippen LogP contribution in [0.4, 0.5) is 0 Å². The Bertz CT molecular complexity index is 357. The molecule has 2 atom stereocenters. The van der Waals surface area contributed by atoms with Gasteiger partial charge in [-0.05, 0) is 48.2 Å². The van der Waals surface area contributed by atoms with Crippen molar-refractivity contribution < 1.29 is 4.74 Å². The molecule has 5 nitrogen and oxygen atoms in total. The van der Waals surface area contributed by atoms with Crippen LogP contribution < -0.4 is 5.32 Å². The van der Waals surface area contributed by atoms with Crippen molar-refractivity contribution in [2.45, 2.75) is 44.8 Å². The summed E-state index contributed by atoms with van der Waals surface area (Å²) in [5.74, 6) is 0. The molecule has 0 amide bonds. The lowest BCUT2D eigenvalue weighted by Crippen LogP contribution is -2.25. The molecule has 1 N–H and O–H groups in total. The van der Waals surface area contributed by atoms with Crippen LogP contribution >= 0.6 is 15.9 Å². The summed E-state index contributed by atoms with van der Waals surface area (Å²) in [6.07, 6.45) is 4.98. The van der Waals surface area contributed by atoms with E-state index in [1.54, 1.807) is 0 Å². The van der Waals surface area contributed by atoms with Gasteiger partial charge in [0, 0.05) is 13.7 Å². The number of hydrogen-bond acceptors (Lipinski definition) is 4. The molecule has 1 aliphatic heterocycles. The van der Waals surface area contributed by atoms with Crippen LogP contribution in [0.5, 0.6) is 0 Å². The molecular formula is C12H21BrN4O. The first kappa shape index (κ1) is 14.0. The third-order valence-corrected chi connectivity index (χ3v) is 3.97. The molecule has 1 aromatic heterocycles. The molecule has 0 spiro atoms. The maximum Gasteiger partial charge on any atom is 0.153 e. The first-order valence-electron chi connectivity index (χ1n) is 6.62. The predicted molar refractivity (Wildman–Crippen MR) is 73.3 cm³/mol. The summed E-state index contributed by atoms with van der Waals surface area (Å²) in [6, 6.07) is 0.286. The molecule has 18 heavy (non-hydrogen) atoms. The van der Waals surface area contributed by atoms with Crippen molar-refractivity contribution in [3.8, 4) is 0 Å². The number of ether oxygens (including phenoxy) is 1. The highest BCUT2D eigenvalue weighted by molar-refractivity contribution is 9.10. The molecule has 0 aliphatic carbocycles. The minimum absolute atomic E-state index is 0.286. The molecule has 0 aromatic carbocycles. The van der Waals surface area contributed by atoms with Gasteiger partial charge in [-0.2, -0.15) is 0 Å². The van der Waals surface area contributed by atoms with E-state index in [1.165, 1.54) is 12.8 Å². The zero-order chi connectivity index (χ0) is 13.0. The number of hydrogen-bond donors (Lipinski definition) is 1. The minimum atomic E-state index is 0.286. The third kappa shape index (κ3) is 3.30. The fourth-order valence-electron chi connectivity index (χ4n) is 2.51. The minimum Gasteiger partial charge on any atom is -0.378 e. The van der Waals surface area contributed by atoms with Crippen LogP contribution in [0, 0.1) is 0 Å². The van der Waals surface area contributed by atoms with E-state index < -0.39 is 0 Å². The van der Waals surface area contributed by atoms with Gasteiger partial charge in [0.05, 0.1) is 17.8 Å². The predicted octanol–water partition coefficient (Wildman–Crippen LogP) is 2.19. The molecule has 2 rings (SSSR count). The summed E-state index contributed by atoms with van der Waals surface area (Å²) in [5, 5.41) is 11.6. The highest BCUT2D eigenvalue weighted by atomic mass is 79.9. The van der Waals surface area contributed by atoms with Gasteiger partial charge in [0.1, 0.15) is 0 Å². The summed E-state index contributed by atoms with van der Waals surface area (Å²) in [5.41, 5.74) is 1.12. The number of nitrogens with one attached hydrogen (secondary N) is 1. The van der Waals surface area contributed by atoms with Crippen molar-refractivity contribution >= 4 is 15.9 Å². The van der Waals surface area contributed by atoms with Crippen LogP contribution in [0.2, 0.25) is 0 Å². The molecule has 1 saturated heterocycles. The van der Waals surface area contributed by atoms with Crippen LogP contribution in [0.3, 0.4) is 0 Å². The number of rotatable bonds is 6. The molecule has 2 heterocycles. The Labute approximate surface area is 116 Å². The van der Waals surface area contributed by atoms with Crippen LogP contribution in [-0.2, 0) is 11.8 Å². The van der Waals surface area contributed by atoms with Gasteiger partial charge in [-0.25, -0.2) is 4.68 Å². The standard InChI is InChI=1S/C12H21BrN4O/c1-3-14-10(7-6-9-5-4-8-18-9)11-12(13)15-16-17(11)2/h9-10,14H,3-8H2,1-2H3. The average Bonchev–Trinajstić information content (AvgIpc) is 2.96. The largest absolute Gasteiger partial charge is 0.378 e. The van der Waals surface area contributed by atoms with Crippen LogP contribution in [0.15, 0.2) is 4.60 Å². The Morgan fingerprint density at radius 1 is 1.61 bits per heavy atom. The van der Waals surface area contributed by atoms with E-state index in [0.29, 0.717) is 6.10 Å². The molecule has 1 aromatic rings. The SMILES string of the molecule is CCNC(CCC1CCCO1)c1c(Br)nnn1C. The Balaban J connectivity index is 1.98. The van der Waals surface area contributed by atoms with Gasteiger partial charge >= 0.3 is 0 Å². The zero-order valence-corrected chi connectivity index (χ0v) is 12.6. The fraction of sp³-hybridized carbons (Fsp3) is 0.833. The van der Waals surface area contributed by atoms with Gasteiger partial charge in [0.2, 0.25) is 0 Å². The molecular weight excluding hydrogens is 296 g/mol. The average molecular weight is 317 g/mol. The van der Waals surface area contributed by atoms with Gasteiger partial charge in [-0.3, -0.25) is 0 Å². The monoisotopic (exact) mass is 316 g/mol. The van der Waals surface area contributed by atoms with E-state index in [0.717, 1.165) is 36.3 Å². The first-order valence-corrected chi connectivity index (χ1v) is 7.41. The van der Waals surface area contributed by atoms with Crippen LogP contribution in [-0.4, -0.2) is 34.2 Å². The second-order valence-corrected chi connectivity index (χ2v) is 5.46. The lowest BCUT2D eigenvalue weighted by atomic mass is 10.0. The lowest BCUT2D eigenvalue weighted by Gasteiger charge is -2.19. The molecule has 102 valence electrons. The van der Waals surface area contributed by atoms with Crippen LogP contribution in [0.1, 0.15) is 44.3 Å². The van der Waals surface area contributed by atoms with Crippen molar-refractivity contribution in [3.05, 3.63) is 10.3 Å². The van der Waals surface area contributed by atoms with E-state index in [9.17, 15) is 0 Å². The molecule has 1 aliphatic rings. The Morgan fingerprint density at radius 2 is 2.44 bits per heavy atom. The summed E-state index contributed by atoms with van der Waals surface area (Å²) >= 11 is 3.48. The van der Waals surface area contributed by atoms with Crippen molar-refractivity contribution in [3.63, 3.8) is 0 Å². The van der Waals surface area contributed by atoms with Crippen molar-refractivity contribution in [2.75, 3.05) is 13.2 Å². The van der Waals surface area contributed by atoms with Gasteiger partial charge in [0.25, 0.3) is 0 Å². The number of aryl methyl sites for hydroxylation is 1. The number of halogens is 1. The highest BCUT2D eigenvalue weighted by Gasteiger charge is 2.22. The van der Waals surface area contributed by atoms with Gasteiger partial charge in [-0.1, -0.05) is 12.1 Å². The zero-order valence-electron chi connectivity index (χ0n) is 11.0. The molecule has 2 unspecified atom stereocenters. The van der Waals surface area contributed by atoms with E-state index in [4.69, 9.17) is 4.74 Å². The summed E-state index contributed by atoms with van der Waals surface area (Å²) < 4.78 is 8.36. The van der Waals surface area contributed by atoms with E-state index in [1.807, 2.05) is 11.7 Å². The van der Waals surface area contributed by atoms with E-state index in [2.05, 4.69) is 38.5 Å². The highest BCUT2D eigenvalue weighted by Crippen LogP contribution is 2.27. The van der Waals surface area contributed by atoms with Gasteiger partial charge in [0.15, 0.2) is 4.60 Å². The normalized spacial score (nSPS) is 21.4. The first-order chi connectivity index (χ1) is 8.72. The van der Waals surface area contributed by atoms with Crippen molar-refractivity contribution in [1.82, 2.24) is 20.3 Å². The summed E-state index contributed by atoms with van der Waals surface area (Å²) in [4.78, 5) is 0. The van der Waals surface area contributed by atoms with E-state index >= 15 is 0 Å². The van der Waals surface area contributed by atoms with Gasteiger partial charge < -0.3 is 10.1 Å². The number of nitrogens with zero attached hydrogens (tertiary/aromatic N) is 3. The second kappa shape index (κ2) is 6.63. The lowest BCUT2D eigenvalue weighted by molar-refractivity contribution is 0.0993. The smallest absolute Gasteiger partial charge is 0.153 e. The maximum atomic E-state index is 5.68. The third-order valence-electron chi connectivity index (χ3n) is 3.41. The molecule has 0 bridgehead atoms. The molecule has 6 heteroatoms. The Kier molecular flexibility index (Phi) is 5.14.